The number of amides is 1. The predicted molar refractivity (Wildman–Crippen MR) is 121 cm³/mol. The molecule has 2 aromatic carbocycles. The minimum atomic E-state index is -1.02. The van der Waals surface area contributed by atoms with Crippen LogP contribution in [0.4, 0.5) is 5.82 Å². The third-order valence-corrected chi connectivity index (χ3v) is 6.99. The van der Waals surface area contributed by atoms with Gasteiger partial charge in [0.2, 0.25) is 0 Å². The predicted octanol–water partition coefficient (Wildman–Crippen LogP) is 2.97. The summed E-state index contributed by atoms with van der Waals surface area (Å²) in [7, 11) is 0. The van der Waals surface area contributed by atoms with Crippen molar-refractivity contribution < 1.29 is 19.8 Å². The molecule has 4 rings (SSSR count). The number of nitrogens with one attached hydrogen (secondary N) is 1. The van der Waals surface area contributed by atoms with Crippen LogP contribution in [0.3, 0.4) is 0 Å². The molecule has 1 amide bonds. The topological polar surface area (TPSA) is 122 Å². The molecule has 0 spiro atoms. The van der Waals surface area contributed by atoms with E-state index in [1.807, 2.05) is 0 Å². The van der Waals surface area contributed by atoms with Crippen molar-refractivity contribution in [3.8, 4) is 0 Å². The molecule has 8 nitrogen and oxygen atoms in total. The number of aliphatic hydroxyl groups is 1. The Bertz CT molecular complexity index is 1200. The maximum atomic E-state index is 12.7. The summed E-state index contributed by atoms with van der Waals surface area (Å²) in [6, 6.07) is 16.9. The number of aromatic carboxylic acids is 1. The minimum absolute atomic E-state index is 0.146. The zero-order chi connectivity index (χ0) is 22.7. The minimum Gasteiger partial charge on any atom is -0.478 e. The Labute approximate surface area is 187 Å². The number of nitrogens with zero attached hydrogens (tertiary/aromatic N) is 2. The molecule has 2 heterocycles. The molecule has 0 saturated carbocycles. The third kappa shape index (κ3) is 4.44. The molecule has 3 aromatic rings. The smallest absolute Gasteiger partial charge is 0.350 e. The lowest BCUT2D eigenvalue weighted by atomic mass is 9.89. The number of anilines is 1. The second-order valence-electron chi connectivity index (χ2n) is 7.37. The number of aromatic nitrogens is 2. The first-order chi connectivity index (χ1) is 15.5. The Hall–Kier alpha value is -3.43. The van der Waals surface area contributed by atoms with Gasteiger partial charge in [0, 0.05) is 22.9 Å². The van der Waals surface area contributed by atoms with Gasteiger partial charge < -0.3 is 15.5 Å². The summed E-state index contributed by atoms with van der Waals surface area (Å²) in [6.45, 7) is -0.146. The Balaban J connectivity index is 1.55. The molecular weight excluding hydrogens is 430 g/mol. The Morgan fingerprint density at radius 3 is 2.50 bits per heavy atom. The van der Waals surface area contributed by atoms with E-state index < -0.39 is 11.7 Å². The third-order valence-electron chi connectivity index (χ3n) is 5.42. The highest BCUT2D eigenvalue weighted by Gasteiger charge is 2.38. The number of aliphatic hydroxyl groups excluding tert-OH is 1. The first kappa shape index (κ1) is 21.8. The van der Waals surface area contributed by atoms with Gasteiger partial charge in [0.15, 0.2) is 0 Å². The standard InChI is InChI=1S/C23H21N3O5S/c27-13-18-17(15-8-4-5-9-16(15)22(29)30)12-20(32-18)26-11-10-19(25-23(26)31)24-21(28)14-6-2-1-3-7-14/h1-11,17-18,20,27H,12-13H2,(H,29,30)(H,24,25,28,31)/t17-,18-,20+/m0/s1. The maximum Gasteiger partial charge on any atom is 0.350 e. The van der Waals surface area contributed by atoms with Crippen molar-refractivity contribution in [1.82, 2.24) is 9.55 Å². The maximum absolute atomic E-state index is 12.7. The fraction of sp³-hybridized carbons (Fsp3) is 0.217. The number of carboxylic acids is 1. The van der Waals surface area contributed by atoms with Crippen LogP contribution in [0, 0.1) is 0 Å². The summed E-state index contributed by atoms with van der Waals surface area (Å²) in [5.74, 6) is -1.47. The molecule has 3 N–H and O–H groups in total. The van der Waals surface area contributed by atoms with E-state index in [9.17, 15) is 24.6 Å². The highest BCUT2D eigenvalue weighted by atomic mass is 32.2. The van der Waals surface area contributed by atoms with Crippen LogP contribution in [0.25, 0.3) is 0 Å². The summed E-state index contributed by atoms with van der Waals surface area (Å²) >= 11 is 1.41. The lowest BCUT2D eigenvalue weighted by Gasteiger charge is -2.18. The van der Waals surface area contributed by atoms with E-state index in [2.05, 4.69) is 10.3 Å². The van der Waals surface area contributed by atoms with Crippen molar-refractivity contribution in [1.29, 1.82) is 0 Å². The molecule has 1 aliphatic rings. The monoisotopic (exact) mass is 451 g/mol. The number of carbonyl (C=O) groups is 2. The molecule has 1 fully saturated rings. The van der Waals surface area contributed by atoms with Crippen LogP contribution in [0.1, 0.15) is 44.0 Å². The lowest BCUT2D eigenvalue weighted by molar-refractivity contribution is 0.0694. The number of benzene rings is 2. The van der Waals surface area contributed by atoms with Crippen LogP contribution in [-0.4, -0.2) is 43.5 Å². The largest absolute Gasteiger partial charge is 0.478 e. The Kier molecular flexibility index (Phi) is 6.38. The van der Waals surface area contributed by atoms with Crippen LogP contribution >= 0.6 is 11.8 Å². The van der Waals surface area contributed by atoms with Crippen LogP contribution in [-0.2, 0) is 0 Å². The van der Waals surface area contributed by atoms with Gasteiger partial charge in [-0.2, -0.15) is 4.98 Å². The van der Waals surface area contributed by atoms with Crippen LogP contribution in [0.5, 0.6) is 0 Å². The molecule has 1 saturated heterocycles. The van der Waals surface area contributed by atoms with Crippen molar-refractivity contribution in [3.05, 3.63) is 94.0 Å². The average molecular weight is 452 g/mol. The second kappa shape index (κ2) is 9.37. The van der Waals surface area contributed by atoms with Crippen molar-refractivity contribution in [2.24, 2.45) is 0 Å². The number of thioether (sulfide) groups is 1. The van der Waals surface area contributed by atoms with Crippen molar-refractivity contribution in [3.63, 3.8) is 0 Å². The molecule has 0 aliphatic carbocycles. The number of carboxylic acid groups (broad SMARTS) is 1. The van der Waals surface area contributed by atoms with Crippen molar-refractivity contribution >= 4 is 29.5 Å². The summed E-state index contributed by atoms with van der Waals surface area (Å²) in [5, 5.41) is 21.5. The highest BCUT2D eigenvalue weighted by molar-refractivity contribution is 8.00. The van der Waals surface area contributed by atoms with Gasteiger partial charge in [-0.05, 0) is 36.2 Å². The normalized spacial score (nSPS) is 20.1. The zero-order valence-corrected chi connectivity index (χ0v) is 17.7. The van der Waals surface area contributed by atoms with E-state index in [-0.39, 0.29) is 40.4 Å². The van der Waals surface area contributed by atoms with Gasteiger partial charge in [-0.1, -0.05) is 36.4 Å². The van der Waals surface area contributed by atoms with E-state index in [1.54, 1.807) is 66.9 Å². The van der Waals surface area contributed by atoms with Gasteiger partial charge in [-0.25, -0.2) is 9.59 Å². The molecule has 9 heteroatoms. The molecule has 32 heavy (non-hydrogen) atoms. The van der Waals surface area contributed by atoms with Crippen molar-refractivity contribution in [2.45, 2.75) is 23.0 Å². The number of hydrogen-bond acceptors (Lipinski definition) is 6. The van der Waals surface area contributed by atoms with E-state index in [1.165, 1.54) is 16.3 Å². The summed E-state index contributed by atoms with van der Waals surface area (Å²) in [4.78, 5) is 40.6. The fourth-order valence-electron chi connectivity index (χ4n) is 3.89. The summed E-state index contributed by atoms with van der Waals surface area (Å²) in [6.07, 6.45) is 2.03. The molecule has 3 atom stereocenters. The molecule has 1 aromatic heterocycles. The van der Waals surface area contributed by atoms with Gasteiger partial charge in [0.05, 0.1) is 17.5 Å². The lowest BCUT2D eigenvalue weighted by Crippen LogP contribution is -2.26. The number of hydrogen-bond donors (Lipinski definition) is 3. The van der Waals surface area contributed by atoms with Crippen molar-refractivity contribution in [2.75, 3.05) is 11.9 Å². The van der Waals surface area contributed by atoms with Crippen LogP contribution in [0.2, 0.25) is 0 Å². The van der Waals surface area contributed by atoms with Crippen LogP contribution < -0.4 is 11.0 Å². The molecular formula is C23H21N3O5S. The first-order valence-electron chi connectivity index (χ1n) is 10.0. The number of rotatable bonds is 6. The first-order valence-corrected chi connectivity index (χ1v) is 11.0. The summed E-state index contributed by atoms with van der Waals surface area (Å²) < 4.78 is 1.45. The highest BCUT2D eigenvalue weighted by Crippen LogP contribution is 2.49. The van der Waals surface area contributed by atoms with Gasteiger partial charge in [-0.15, -0.1) is 11.8 Å². The molecule has 0 radical (unpaired) electrons. The molecule has 0 bridgehead atoms. The van der Waals surface area contributed by atoms with Gasteiger partial charge >= 0.3 is 11.7 Å². The molecule has 0 unspecified atom stereocenters. The fourth-order valence-corrected chi connectivity index (χ4v) is 5.44. The number of carbonyl (C=O) groups excluding carboxylic acids is 1. The SMILES string of the molecule is O=C(Nc1ccn([C@H]2C[C@@H](c3ccccc3C(=O)O)[C@H](CO)S2)c(=O)n1)c1ccccc1. The van der Waals surface area contributed by atoms with E-state index >= 15 is 0 Å². The van der Waals surface area contributed by atoms with Crippen LogP contribution in [0.15, 0.2) is 71.7 Å². The second-order valence-corrected chi connectivity index (χ2v) is 8.79. The van der Waals surface area contributed by atoms with Gasteiger partial charge in [0.1, 0.15) is 5.82 Å². The molecule has 164 valence electrons. The average Bonchev–Trinajstić information content (AvgIpc) is 3.23. The van der Waals surface area contributed by atoms with E-state index in [0.717, 1.165) is 0 Å². The van der Waals surface area contributed by atoms with E-state index in [4.69, 9.17) is 0 Å². The van der Waals surface area contributed by atoms with Gasteiger partial charge in [-0.3, -0.25) is 9.36 Å². The van der Waals surface area contributed by atoms with Gasteiger partial charge in [0.25, 0.3) is 5.91 Å². The summed E-state index contributed by atoms with van der Waals surface area (Å²) in [5.41, 5.74) is 0.760. The Morgan fingerprint density at radius 1 is 1.09 bits per heavy atom. The molecule has 1 aliphatic heterocycles. The zero-order valence-electron chi connectivity index (χ0n) is 16.9. The quantitative estimate of drug-likeness (QED) is 0.527. The Morgan fingerprint density at radius 2 is 1.81 bits per heavy atom. The van der Waals surface area contributed by atoms with E-state index in [0.29, 0.717) is 17.5 Å².